The molecule has 0 aliphatic rings. The van der Waals surface area contributed by atoms with Gasteiger partial charge in [0.15, 0.2) is 11.5 Å². The van der Waals surface area contributed by atoms with Gasteiger partial charge in [-0.2, -0.15) is 0 Å². The maximum atomic E-state index is 12.3. The molecular formula is C23H24N2O6. The van der Waals surface area contributed by atoms with Crippen molar-refractivity contribution in [3.05, 3.63) is 70.6 Å². The van der Waals surface area contributed by atoms with Crippen molar-refractivity contribution in [2.24, 2.45) is 0 Å². The fraction of sp³-hybridized carbons (Fsp3) is 0.261. The zero-order chi connectivity index (χ0) is 22.4. The predicted octanol–water partition coefficient (Wildman–Crippen LogP) is 4.15. The van der Waals surface area contributed by atoms with Gasteiger partial charge in [0.25, 0.3) is 0 Å². The molecule has 3 rings (SSSR count). The number of aryl methyl sites for hydroxylation is 3. The molecule has 1 amide bonds. The Bertz CT molecular complexity index is 1070. The Morgan fingerprint density at radius 2 is 1.90 bits per heavy atom. The van der Waals surface area contributed by atoms with E-state index in [0.717, 1.165) is 16.8 Å². The third-order valence-electron chi connectivity index (χ3n) is 4.85. The predicted molar refractivity (Wildman–Crippen MR) is 114 cm³/mol. The topological polar surface area (TPSA) is 111 Å². The van der Waals surface area contributed by atoms with Gasteiger partial charge in [-0.25, -0.2) is 4.79 Å². The van der Waals surface area contributed by atoms with Gasteiger partial charge < -0.3 is 24.4 Å². The summed E-state index contributed by atoms with van der Waals surface area (Å²) in [6, 6.07) is 11.8. The number of carboxylic acid groups (broad SMARTS) is 1. The minimum atomic E-state index is -1.09. The van der Waals surface area contributed by atoms with E-state index in [-0.39, 0.29) is 30.2 Å². The minimum Gasteiger partial charge on any atom is -0.493 e. The van der Waals surface area contributed by atoms with Gasteiger partial charge in [-0.05, 0) is 50.1 Å². The van der Waals surface area contributed by atoms with Crippen molar-refractivity contribution in [3.63, 3.8) is 0 Å². The molecule has 0 saturated heterocycles. The maximum absolute atomic E-state index is 12.3. The number of hydrogen-bond donors (Lipinski definition) is 2. The van der Waals surface area contributed by atoms with Gasteiger partial charge in [0, 0.05) is 6.42 Å². The van der Waals surface area contributed by atoms with Crippen molar-refractivity contribution >= 4 is 17.6 Å². The smallest absolute Gasteiger partial charge is 0.337 e. The van der Waals surface area contributed by atoms with Crippen molar-refractivity contribution in [1.29, 1.82) is 0 Å². The molecule has 2 aromatic carbocycles. The van der Waals surface area contributed by atoms with Crippen LogP contribution in [0.2, 0.25) is 0 Å². The van der Waals surface area contributed by atoms with Crippen LogP contribution in [0, 0.1) is 13.8 Å². The number of aromatic carboxylic acids is 1. The van der Waals surface area contributed by atoms with Crippen molar-refractivity contribution < 1.29 is 28.7 Å². The molecule has 8 heteroatoms. The highest BCUT2D eigenvalue weighted by atomic mass is 16.5. The van der Waals surface area contributed by atoms with E-state index in [4.69, 9.17) is 14.0 Å². The highest BCUT2D eigenvalue weighted by molar-refractivity contribution is 6.00. The van der Waals surface area contributed by atoms with Gasteiger partial charge in [0.2, 0.25) is 5.91 Å². The SMILES string of the molecule is COc1ccc(CCC(=O)Nc2ccccc2C(=O)O)cc1OCc1c(C)noc1C. The Hall–Kier alpha value is -3.81. The minimum absolute atomic E-state index is 0.0512. The lowest BCUT2D eigenvalue weighted by molar-refractivity contribution is -0.116. The molecule has 0 saturated carbocycles. The van der Waals surface area contributed by atoms with E-state index >= 15 is 0 Å². The van der Waals surface area contributed by atoms with Gasteiger partial charge in [-0.15, -0.1) is 0 Å². The number of carboxylic acids is 1. The molecule has 8 nitrogen and oxygen atoms in total. The van der Waals surface area contributed by atoms with Gasteiger partial charge in [0.05, 0.1) is 29.6 Å². The van der Waals surface area contributed by atoms with E-state index in [2.05, 4.69) is 10.5 Å². The number of nitrogens with zero attached hydrogens (tertiary/aromatic N) is 1. The molecular weight excluding hydrogens is 400 g/mol. The molecule has 0 atom stereocenters. The molecule has 1 aromatic heterocycles. The highest BCUT2D eigenvalue weighted by Crippen LogP contribution is 2.30. The summed E-state index contributed by atoms with van der Waals surface area (Å²) in [5.74, 6) is 0.465. The van der Waals surface area contributed by atoms with Crippen molar-refractivity contribution in [2.45, 2.75) is 33.3 Å². The Labute approximate surface area is 179 Å². The van der Waals surface area contributed by atoms with Crippen LogP contribution in [0.5, 0.6) is 11.5 Å². The summed E-state index contributed by atoms with van der Waals surface area (Å²) in [4.78, 5) is 23.6. The first-order chi connectivity index (χ1) is 14.9. The number of benzene rings is 2. The third-order valence-corrected chi connectivity index (χ3v) is 4.85. The summed E-state index contributed by atoms with van der Waals surface area (Å²) in [6.07, 6.45) is 0.635. The molecule has 2 N–H and O–H groups in total. The average Bonchev–Trinajstić information content (AvgIpc) is 3.08. The first-order valence-electron chi connectivity index (χ1n) is 9.72. The molecule has 3 aromatic rings. The summed E-state index contributed by atoms with van der Waals surface area (Å²) in [7, 11) is 1.56. The highest BCUT2D eigenvalue weighted by Gasteiger charge is 2.14. The van der Waals surface area contributed by atoms with Crippen molar-refractivity contribution in [1.82, 2.24) is 5.16 Å². The second-order valence-corrected chi connectivity index (χ2v) is 6.98. The normalized spacial score (nSPS) is 10.5. The summed E-state index contributed by atoms with van der Waals surface area (Å²) >= 11 is 0. The number of hydrogen-bond acceptors (Lipinski definition) is 6. The monoisotopic (exact) mass is 424 g/mol. The first-order valence-corrected chi connectivity index (χ1v) is 9.72. The largest absolute Gasteiger partial charge is 0.493 e. The number of carbonyl (C=O) groups excluding carboxylic acids is 1. The fourth-order valence-corrected chi connectivity index (χ4v) is 3.10. The lowest BCUT2D eigenvalue weighted by atomic mass is 10.1. The Kier molecular flexibility index (Phi) is 6.92. The second-order valence-electron chi connectivity index (χ2n) is 6.98. The summed E-state index contributed by atoms with van der Waals surface area (Å²) < 4.78 is 16.5. The van der Waals surface area contributed by atoms with E-state index in [0.29, 0.717) is 23.7 Å². The number of methoxy groups -OCH3 is 1. The summed E-state index contributed by atoms with van der Waals surface area (Å²) in [6.45, 7) is 3.96. The van der Waals surface area contributed by atoms with Crippen LogP contribution in [0.1, 0.15) is 39.4 Å². The molecule has 0 aliphatic carbocycles. The lowest BCUT2D eigenvalue weighted by Gasteiger charge is -2.13. The number of ether oxygens (including phenoxy) is 2. The van der Waals surface area contributed by atoms with Crippen LogP contribution >= 0.6 is 0 Å². The number of anilines is 1. The second kappa shape index (κ2) is 9.80. The number of aromatic nitrogens is 1. The van der Waals surface area contributed by atoms with Gasteiger partial charge >= 0.3 is 5.97 Å². The number of amides is 1. The van der Waals surface area contributed by atoms with E-state index < -0.39 is 5.97 Å². The van der Waals surface area contributed by atoms with E-state index in [1.807, 2.05) is 26.0 Å². The quantitative estimate of drug-likeness (QED) is 0.531. The molecule has 1 heterocycles. The zero-order valence-electron chi connectivity index (χ0n) is 17.6. The van der Waals surface area contributed by atoms with Crippen LogP contribution in [0.15, 0.2) is 47.0 Å². The molecule has 0 spiro atoms. The number of carbonyl (C=O) groups is 2. The molecule has 31 heavy (non-hydrogen) atoms. The Balaban J connectivity index is 1.65. The Morgan fingerprint density at radius 3 is 2.58 bits per heavy atom. The van der Waals surface area contributed by atoms with Gasteiger partial charge in [-0.1, -0.05) is 23.4 Å². The van der Waals surface area contributed by atoms with Crippen LogP contribution in [0.25, 0.3) is 0 Å². The van der Waals surface area contributed by atoms with E-state index in [9.17, 15) is 14.7 Å². The summed E-state index contributed by atoms with van der Waals surface area (Å²) in [5, 5.41) is 15.8. The van der Waals surface area contributed by atoms with Crippen molar-refractivity contribution in [2.75, 3.05) is 12.4 Å². The first kappa shape index (κ1) is 21.9. The number of rotatable bonds is 9. The van der Waals surface area contributed by atoms with E-state index in [1.165, 1.54) is 6.07 Å². The Morgan fingerprint density at radius 1 is 1.13 bits per heavy atom. The van der Waals surface area contributed by atoms with Gasteiger partial charge in [-0.3, -0.25) is 4.79 Å². The molecule has 0 radical (unpaired) electrons. The third kappa shape index (κ3) is 5.42. The van der Waals surface area contributed by atoms with Crippen LogP contribution < -0.4 is 14.8 Å². The van der Waals surface area contributed by atoms with E-state index in [1.54, 1.807) is 31.4 Å². The lowest BCUT2D eigenvalue weighted by Crippen LogP contribution is -2.15. The standard InChI is InChI=1S/C23H24N2O6/c1-14-18(15(2)31-25-14)13-30-21-12-16(8-10-20(21)29-3)9-11-22(26)24-19-7-5-4-6-17(19)23(27)28/h4-8,10,12H,9,11,13H2,1-3H3,(H,24,26)(H,27,28). The summed E-state index contributed by atoms with van der Waals surface area (Å²) in [5.41, 5.74) is 2.86. The van der Waals surface area contributed by atoms with Crippen molar-refractivity contribution in [3.8, 4) is 11.5 Å². The zero-order valence-corrected chi connectivity index (χ0v) is 17.6. The van der Waals surface area contributed by atoms with Crippen LogP contribution in [-0.4, -0.2) is 29.2 Å². The van der Waals surface area contributed by atoms with Crippen LogP contribution in [-0.2, 0) is 17.8 Å². The fourth-order valence-electron chi connectivity index (χ4n) is 3.10. The number of para-hydroxylation sites is 1. The number of nitrogens with one attached hydrogen (secondary N) is 1. The van der Waals surface area contributed by atoms with Crippen LogP contribution in [0.3, 0.4) is 0 Å². The molecule has 0 fully saturated rings. The molecule has 0 bridgehead atoms. The van der Waals surface area contributed by atoms with Crippen LogP contribution in [0.4, 0.5) is 5.69 Å². The molecule has 162 valence electrons. The van der Waals surface area contributed by atoms with Gasteiger partial charge in [0.1, 0.15) is 12.4 Å². The molecule has 0 aliphatic heterocycles. The average molecular weight is 424 g/mol. The maximum Gasteiger partial charge on any atom is 0.337 e. The molecule has 0 unspecified atom stereocenters.